The van der Waals surface area contributed by atoms with Gasteiger partial charge in [-0.15, -0.1) is 45.3 Å². The van der Waals surface area contributed by atoms with Crippen LogP contribution in [0, 0.1) is 0 Å². The molecule has 1 aliphatic heterocycles. The molecule has 1 atom stereocenters. The molecule has 0 saturated carbocycles. The fraction of sp³-hybridized carbons (Fsp3) is 0.0111. The van der Waals surface area contributed by atoms with Crippen LogP contribution >= 0.6 is 45.3 Å². The SMILES string of the molecule is c1ccc(C2=NC(c3ccc4c(c3)sc3ccc5c6ccc(-n7c8ccccc8c8ccc(-c9ccc(-c%10nc(-c%11ccccc%11)nc(-c%11ccc%12c(c%11)sc%11c%12ccc%12c%13ccc(-n%14c%15ccccc%15c%15ccccc%15%14)cc%13sc%12%11)n%10)cc9)cc87)cc6sc5c34)NC(c3ccccc3)=N2)cc1. The molecule has 0 fully saturated rings. The lowest BCUT2D eigenvalue weighted by Crippen LogP contribution is -2.33. The van der Waals surface area contributed by atoms with Crippen LogP contribution in [-0.2, 0) is 0 Å². The van der Waals surface area contributed by atoms with E-state index in [2.05, 4.69) is 275 Å². The number of thiophene rings is 4. The summed E-state index contributed by atoms with van der Waals surface area (Å²) in [5.41, 5.74) is 15.2. The molecule has 1 aliphatic rings. The maximum Gasteiger partial charge on any atom is 0.164 e. The van der Waals surface area contributed by atoms with Crippen LogP contribution in [0.5, 0.6) is 0 Å². The Bertz CT molecular complexity index is 7100. The number of amidine groups is 2. The highest BCUT2D eigenvalue weighted by Gasteiger charge is 2.25. The van der Waals surface area contributed by atoms with Gasteiger partial charge in [-0.1, -0.05) is 237 Å². The predicted molar refractivity (Wildman–Crippen MR) is 434 cm³/mol. The Labute approximate surface area is 599 Å². The van der Waals surface area contributed by atoms with Crippen LogP contribution < -0.4 is 5.32 Å². The first-order valence-electron chi connectivity index (χ1n) is 34.1. The second-order valence-corrected chi connectivity index (χ2v) is 30.5. The number of hydrogen-bond donors (Lipinski definition) is 1. The Morgan fingerprint density at radius 3 is 1.33 bits per heavy atom. The quantitative estimate of drug-likeness (QED) is 0.156. The van der Waals surface area contributed by atoms with Gasteiger partial charge < -0.3 is 14.5 Å². The lowest BCUT2D eigenvalue weighted by atomic mass is 10.0. The number of fused-ring (bicyclic) bond motifs is 20. The van der Waals surface area contributed by atoms with Crippen molar-refractivity contribution in [3.8, 4) is 56.7 Å². The van der Waals surface area contributed by atoms with E-state index in [0.717, 1.165) is 67.4 Å². The molecule has 14 aromatic carbocycles. The molecule has 1 unspecified atom stereocenters. The first-order chi connectivity index (χ1) is 50.5. The van der Waals surface area contributed by atoms with Gasteiger partial charge >= 0.3 is 0 Å². The van der Waals surface area contributed by atoms with Crippen LogP contribution in [-0.4, -0.2) is 35.8 Å². The monoisotopic (exact) mass is 1370 g/mol. The summed E-state index contributed by atoms with van der Waals surface area (Å²) in [6.45, 7) is 0. The standard InChI is InChI=1S/C90H52N8S4/c1-4-16-52(17-5-1)85-91-86(53-18-6-2-7-19-53)94-90(93-85)58-34-39-71-78(48-58)99-76-45-44-68-66-40-36-60(50-79(66)100-82(68)81(71)76)98-74-27-15-12-24-63(74)64-37-32-56(46-75(64)98)51-28-30-55(31-29-51)88-92-87(54-20-8-3-9-21-54)95-89(96-88)57-33-38-65-69-42-43-70-67-41-35-59(49-80(67)102-84(70)83(69)101-77(65)47-57)97-72-25-13-10-22-61(72)62-23-11-14-26-73(62)97/h1-50,90H,(H,91,93,94). The minimum Gasteiger partial charge on any atom is -0.344 e. The second-order valence-electron chi connectivity index (χ2n) is 26.3. The van der Waals surface area contributed by atoms with Crippen molar-refractivity contribution in [3.63, 3.8) is 0 Å². The van der Waals surface area contributed by atoms with Gasteiger partial charge in [0.25, 0.3) is 0 Å². The van der Waals surface area contributed by atoms with Gasteiger partial charge in [-0.05, 0) is 83.4 Å². The number of benzene rings is 14. The Balaban J connectivity index is 0.593. The van der Waals surface area contributed by atoms with Gasteiger partial charge in [0.1, 0.15) is 12.0 Å². The zero-order chi connectivity index (χ0) is 66.7. The third kappa shape index (κ3) is 9.07. The normalized spacial score (nSPS) is 13.6. The average Bonchev–Trinajstić information content (AvgIpc) is 1.58. The molecule has 102 heavy (non-hydrogen) atoms. The number of nitrogens with zero attached hydrogens (tertiary/aromatic N) is 7. The summed E-state index contributed by atoms with van der Waals surface area (Å²) in [7, 11) is 0. The van der Waals surface area contributed by atoms with Crippen molar-refractivity contribution in [1.29, 1.82) is 0 Å². The lowest BCUT2D eigenvalue weighted by molar-refractivity contribution is 0.675. The van der Waals surface area contributed by atoms with Crippen LogP contribution in [0.15, 0.2) is 313 Å². The third-order valence-corrected chi connectivity index (χ3v) is 25.3. The number of aromatic nitrogens is 5. The van der Waals surface area contributed by atoms with Crippen molar-refractivity contribution >= 4 is 181 Å². The van der Waals surface area contributed by atoms with Gasteiger partial charge in [-0.3, -0.25) is 0 Å². The minimum absolute atomic E-state index is 0.305. The highest BCUT2D eigenvalue weighted by molar-refractivity contribution is 7.33. The van der Waals surface area contributed by atoms with Gasteiger partial charge in [0, 0.05) is 132 Å². The van der Waals surface area contributed by atoms with E-state index in [1.54, 1.807) is 0 Å². The van der Waals surface area contributed by atoms with E-state index >= 15 is 0 Å². The summed E-state index contributed by atoms with van der Waals surface area (Å²) in [6, 6.07) is 110. The van der Waals surface area contributed by atoms with E-state index in [-0.39, 0.29) is 6.17 Å². The summed E-state index contributed by atoms with van der Waals surface area (Å²) in [4.78, 5) is 25.9. The number of rotatable bonds is 9. The van der Waals surface area contributed by atoms with Crippen LogP contribution in [0.1, 0.15) is 22.9 Å². The van der Waals surface area contributed by atoms with Gasteiger partial charge in [0.15, 0.2) is 23.3 Å². The molecule has 0 saturated heterocycles. The summed E-state index contributed by atoms with van der Waals surface area (Å²) >= 11 is 7.48. The maximum absolute atomic E-state index is 5.29. The number of aliphatic imine (C=N–C) groups is 2. The molecule has 0 aliphatic carbocycles. The molecule has 8 nitrogen and oxygen atoms in total. The number of nitrogens with one attached hydrogen (secondary N) is 1. The summed E-state index contributed by atoms with van der Waals surface area (Å²) in [5, 5.41) is 18.8. The Morgan fingerprint density at radius 1 is 0.275 bits per heavy atom. The maximum atomic E-state index is 5.29. The van der Waals surface area contributed by atoms with Crippen LogP contribution in [0.25, 0.3) is 181 Å². The van der Waals surface area contributed by atoms with E-state index in [1.807, 2.05) is 87.8 Å². The smallest absolute Gasteiger partial charge is 0.164 e. The number of para-hydroxylation sites is 3. The molecular formula is C90H52N8S4. The van der Waals surface area contributed by atoms with Crippen molar-refractivity contribution in [1.82, 2.24) is 29.4 Å². The Kier molecular flexibility index (Phi) is 12.8. The zero-order valence-electron chi connectivity index (χ0n) is 54.2. The fourth-order valence-corrected chi connectivity index (χ4v) is 20.8. The van der Waals surface area contributed by atoms with Crippen molar-refractivity contribution in [2.24, 2.45) is 9.98 Å². The molecule has 12 heteroatoms. The second kappa shape index (κ2) is 22.6. The van der Waals surface area contributed by atoms with E-state index < -0.39 is 0 Å². The van der Waals surface area contributed by atoms with Crippen molar-refractivity contribution in [2.45, 2.75) is 6.17 Å². The Morgan fingerprint density at radius 2 is 0.706 bits per heavy atom. The summed E-state index contributed by atoms with van der Waals surface area (Å²) in [6.07, 6.45) is -0.305. The Hall–Kier alpha value is -12.3. The van der Waals surface area contributed by atoms with Gasteiger partial charge in [0.05, 0.1) is 31.5 Å². The largest absolute Gasteiger partial charge is 0.344 e. The average molecular weight is 1370 g/mol. The van der Waals surface area contributed by atoms with E-state index in [9.17, 15) is 0 Å². The first-order valence-corrected chi connectivity index (χ1v) is 37.4. The molecule has 8 heterocycles. The highest BCUT2D eigenvalue weighted by Crippen LogP contribution is 2.49. The van der Waals surface area contributed by atoms with Crippen molar-refractivity contribution in [3.05, 3.63) is 320 Å². The molecule has 1 N–H and O–H groups in total. The third-order valence-electron chi connectivity index (χ3n) is 20.5. The van der Waals surface area contributed by atoms with Gasteiger partial charge in [0.2, 0.25) is 0 Å². The fourth-order valence-electron chi connectivity index (χ4n) is 15.6. The van der Waals surface area contributed by atoms with Gasteiger partial charge in [-0.25, -0.2) is 24.9 Å². The van der Waals surface area contributed by atoms with Crippen LogP contribution in [0.4, 0.5) is 0 Å². The molecule has 7 aromatic heterocycles. The first kappa shape index (κ1) is 57.6. The molecular weight excluding hydrogens is 1320 g/mol. The summed E-state index contributed by atoms with van der Waals surface area (Å²) < 4.78 is 15.0. The van der Waals surface area contributed by atoms with E-state index in [4.69, 9.17) is 24.9 Å². The summed E-state index contributed by atoms with van der Waals surface area (Å²) in [5.74, 6) is 3.43. The zero-order valence-corrected chi connectivity index (χ0v) is 57.5. The van der Waals surface area contributed by atoms with E-state index in [1.165, 1.54) is 124 Å². The van der Waals surface area contributed by atoms with E-state index in [0.29, 0.717) is 17.5 Å². The predicted octanol–water partition coefficient (Wildman–Crippen LogP) is 24.7. The topological polar surface area (TPSA) is 85.3 Å². The van der Waals surface area contributed by atoms with Gasteiger partial charge in [-0.2, -0.15) is 0 Å². The van der Waals surface area contributed by atoms with Crippen molar-refractivity contribution < 1.29 is 0 Å². The highest BCUT2D eigenvalue weighted by atomic mass is 32.1. The molecule has 0 spiro atoms. The molecule has 0 amide bonds. The van der Waals surface area contributed by atoms with Crippen LogP contribution in [0.3, 0.4) is 0 Å². The minimum atomic E-state index is -0.305. The van der Waals surface area contributed by atoms with Crippen LogP contribution in [0.2, 0.25) is 0 Å². The van der Waals surface area contributed by atoms with Crippen molar-refractivity contribution in [2.75, 3.05) is 0 Å². The number of hydrogen-bond acceptors (Lipinski definition) is 10. The molecule has 0 bridgehead atoms. The lowest BCUT2D eigenvalue weighted by Gasteiger charge is -2.23. The molecule has 0 radical (unpaired) electrons. The molecule has 476 valence electrons. The molecule has 22 rings (SSSR count). The molecule has 21 aromatic rings.